The maximum absolute atomic E-state index is 13.7. The molecule has 46 heavy (non-hydrogen) atoms. The Bertz CT molecular complexity index is 1600. The topological polar surface area (TPSA) is 115 Å². The van der Waals surface area contributed by atoms with Crippen LogP contribution in [0, 0.1) is 0 Å². The number of aromatic amines is 1. The highest BCUT2D eigenvalue weighted by molar-refractivity contribution is 6.42. The fraction of sp³-hybridized carbons (Fsp3) is 0.515. The molecule has 3 fully saturated rings. The van der Waals surface area contributed by atoms with Gasteiger partial charge in [-0.25, -0.2) is 14.0 Å². The summed E-state index contributed by atoms with van der Waals surface area (Å²) in [7, 11) is 2.15. The lowest BCUT2D eigenvalue weighted by Gasteiger charge is -2.58. The Hall–Kier alpha value is -3.06. The van der Waals surface area contributed by atoms with Gasteiger partial charge in [-0.15, -0.1) is 5.10 Å². The lowest BCUT2D eigenvalue weighted by Crippen LogP contribution is -2.77. The van der Waals surface area contributed by atoms with E-state index in [1.54, 1.807) is 18.2 Å². The van der Waals surface area contributed by atoms with Crippen molar-refractivity contribution in [2.24, 2.45) is 0 Å². The molecule has 1 amide bonds. The van der Waals surface area contributed by atoms with E-state index < -0.39 is 17.8 Å². The Morgan fingerprint density at radius 3 is 2.39 bits per heavy atom. The van der Waals surface area contributed by atoms with Crippen LogP contribution in [0.2, 0.25) is 10.0 Å². The number of aromatic nitrogens is 3. The minimum Gasteiger partial charge on any atom is -0.435 e. The summed E-state index contributed by atoms with van der Waals surface area (Å²) in [5.74, 6) is 0.458. The zero-order valence-electron chi connectivity index (χ0n) is 26.2. The van der Waals surface area contributed by atoms with Crippen molar-refractivity contribution in [1.82, 2.24) is 29.5 Å². The van der Waals surface area contributed by atoms with Crippen molar-refractivity contribution in [2.45, 2.75) is 56.4 Å². The first-order valence-electron chi connectivity index (χ1n) is 16.1. The third-order valence-corrected chi connectivity index (χ3v) is 11.3. The minimum absolute atomic E-state index is 0.00101. The van der Waals surface area contributed by atoms with Gasteiger partial charge in [-0.2, -0.15) is 4.79 Å². The minimum atomic E-state index is -1.12. The molecule has 3 saturated heterocycles. The molecule has 6 rings (SSSR count). The Labute approximate surface area is 278 Å². The number of quaternary nitrogens is 1. The fourth-order valence-corrected chi connectivity index (χ4v) is 8.34. The number of benzene rings is 2. The number of piperazine rings is 1. The van der Waals surface area contributed by atoms with E-state index in [-0.39, 0.29) is 36.1 Å². The van der Waals surface area contributed by atoms with Crippen molar-refractivity contribution in [3.63, 3.8) is 0 Å². The maximum atomic E-state index is 13.7. The highest BCUT2D eigenvalue weighted by Crippen LogP contribution is 2.47. The number of carboxylic acid groups (broad SMARTS) is 1. The molecule has 3 aromatic rings. The van der Waals surface area contributed by atoms with E-state index in [1.807, 2.05) is 30.3 Å². The lowest BCUT2D eigenvalue weighted by atomic mass is 9.82. The average Bonchev–Trinajstić information content (AvgIpc) is 3.46. The van der Waals surface area contributed by atoms with Crippen molar-refractivity contribution >= 4 is 35.6 Å². The molecule has 11 nitrogen and oxygen atoms in total. The largest absolute Gasteiger partial charge is 0.515 e. The number of likely N-dealkylation sites (N-methyl/N-ethyl adjacent to an activating group) is 1. The summed E-state index contributed by atoms with van der Waals surface area (Å²) < 4.78 is 1.10. The highest BCUT2D eigenvalue weighted by Gasteiger charge is 2.63. The van der Waals surface area contributed by atoms with Gasteiger partial charge in [-0.1, -0.05) is 59.6 Å². The van der Waals surface area contributed by atoms with E-state index in [4.69, 9.17) is 28.3 Å². The number of carbonyl (C=O) groups excluding carboxylic acids is 1. The van der Waals surface area contributed by atoms with Gasteiger partial charge in [0.25, 0.3) is 0 Å². The second kappa shape index (κ2) is 13.6. The lowest BCUT2D eigenvalue weighted by molar-refractivity contribution is -0.942. The van der Waals surface area contributed by atoms with E-state index in [2.05, 4.69) is 26.7 Å². The van der Waals surface area contributed by atoms with Crippen LogP contribution in [0.5, 0.6) is 0 Å². The first kappa shape index (κ1) is 32.9. The van der Waals surface area contributed by atoms with Crippen LogP contribution in [0.4, 0.5) is 4.79 Å². The zero-order chi connectivity index (χ0) is 32.5. The van der Waals surface area contributed by atoms with Crippen LogP contribution in [0.25, 0.3) is 11.4 Å². The number of halogens is 2. The van der Waals surface area contributed by atoms with Crippen LogP contribution in [-0.4, -0.2) is 116 Å². The predicted molar refractivity (Wildman–Crippen MR) is 177 cm³/mol. The molecule has 2 unspecified atom stereocenters. The monoisotopic (exact) mass is 670 g/mol. The number of piperidine rings is 2. The summed E-state index contributed by atoms with van der Waals surface area (Å²) in [6.07, 6.45) is 2.27. The van der Waals surface area contributed by atoms with E-state index in [0.29, 0.717) is 41.4 Å². The molecule has 4 heterocycles. The van der Waals surface area contributed by atoms with E-state index in [1.165, 1.54) is 4.68 Å². The first-order valence-corrected chi connectivity index (χ1v) is 16.8. The van der Waals surface area contributed by atoms with Gasteiger partial charge in [0.15, 0.2) is 11.5 Å². The van der Waals surface area contributed by atoms with Gasteiger partial charge < -0.3 is 14.8 Å². The fourth-order valence-electron chi connectivity index (χ4n) is 8.02. The molecular formula is C33H42Cl2N7O4+. The zero-order valence-corrected chi connectivity index (χ0v) is 27.7. The number of carbonyl (C=O) groups is 2. The van der Waals surface area contributed by atoms with Crippen LogP contribution in [0.3, 0.4) is 0 Å². The van der Waals surface area contributed by atoms with Gasteiger partial charge >= 0.3 is 11.8 Å². The number of hydrogen-bond donors (Lipinski definition) is 2. The number of amides is 1. The van der Waals surface area contributed by atoms with Crippen molar-refractivity contribution in [3.05, 3.63) is 74.6 Å². The van der Waals surface area contributed by atoms with Gasteiger partial charge in [0.05, 0.1) is 29.1 Å². The Kier molecular flexibility index (Phi) is 9.70. The molecule has 246 valence electrons. The molecule has 3 aliphatic heterocycles. The molecule has 0 spiro atoms. The molecule has 0 saturated carbocycles. The summed E-state index contributed by atoms with van der Waals surface area (Å²) in [5.41, 5.74) is 0.0363. The van der Waals surface area contributed by atoms with Crippen LogP contribution in [-0.2, 0) is 11.3 Å². The highest BCUT2D eigenvalue weighted by atomic mass is 35.5. The summed E-state index contributed by atoms with van der Waals surface area (Å²) >= 11 is 12.6. The van der Waals surface area contributed by atoms with Gasteiger partial charge in [0.2, 0.25) is 0 Å². The number of rotatable bonds is 8. The average molecular weight is 672 g/mol. The Morgan fingerprint density at radius 1 is 1.02 bits per heavy atom. The Morgan fingerprint density at radius 2 is 1.74 bits per heavy atom. The van der Waals surface area contributed by atoms with Crippen molar-refractivity contribution in [2.75, 3.05) is 52.9 Å². The number of nitrogens with one attached hydrogen (secondary N) is 1. The molecule has 0 radical (unpaired) electrons. The molecule has 2 aromatic carbocycles. The normalized spacial score (nSPS) is 27.1. The van der Waals surface area contributed by atoms with E-state index in [0.717, 1.165) is 56.4 Å². The molecule has 0 bridgehead atoms. The maximum Gasteiger partial charge on any atom is 0.515 e. The standard InChI is InChI=1S/C33H41Cl2N7O4/c1-38-15-17-39(18-16-38)26-9-13-40(14-10-26)33(12-20-43)22-27(41-31(44)36-30(37-41)25-5-3-2-4-6-25)11-19-42(33,32(45)46)23-24-7-8-28(34)29(35)21-24/h2-8,20-21,26-27H,9-19,22-23H2,1H3,(H-,36,37,44,45,46)/p+1/t27?,33?,42-/m0/s1. The first-order chi connectivity index (χ1) is 22.2. The van der Waals surface area contributed by atoms with E-state index in [9.17, 15) is 19.5 Å². The van der Waals surface area contributed by atoms with Gasteiger partial charge in [0.1, 0.15) is 12.8 Å². The van der Waals surface area contributed by atoms with Crippen molar-refractivity contribution in [3.8, 4) is 11.4 Å². The summed E-state index contributed by atoms with van der Waals surface area (Å²) in [4.78, 5) is 49.7. The van der Waals surface area contributed by atoms with Gasteiger partial charge in [-0.3, -0.25) is 14.8 Å². The third-order valence-electron chi connectivity index (χ3n) is 10.6. The van der Waals surface area contributed by atoms with Crippen LogP contribution >= 0.6 is 23.2 Å². The van der Waals surface area contributed by atoms with Crippen LogP contribution in [0.1, 0.15) is 43.7 Å². The molecular weight excluding hydrogens is 629 g/mol. The third kappa shape index (κ3) is 6.16. The van der Waals surface area contributed by atoms with Gasteiger partial charge in [-0.05, 0) is 32.0 Å². The summed E-state index contributed by atoms with van der Waals surface area (Å²) in [6.45, 7) is 5.71. The molecule has 3 atom stereocenters. The molecule has 13 heteroatoms. The number of aldehydes is 1. The van der Waals surface area contributed by atoms with Crippen LogP contribution < -0.4 is 5.69 Å². The number of likely N-dealkylation sites (tertiary alicyclic amines) is 2. The smallest absolute Gasteiger partial charge is 0.435 e. The van der Waals surface area contributed by atoms with Crippen molar-refractivity contribution < 1.29 is 19.2 Å². The second-order valence-electron chi connectivity index (χ2n) is 13.0. The van der Waals surface area contributed by atoms with Crippen LogP contribution in [0.15, 0.2) is 53.3 Å². The Balaban J connectivity index is 1.38. The van der Waals surface area contributed by atoms with Crippen molar-refractivity contribution in [1.29, 1.82) is 0 Å². The molecule has 2 N–H and O–H groups in total. The molecule has 1 aromatic heterocycles. The SMILES string of the molecule is CN1CCN(C2CCN(C3(CC=O)CC(n4nc(-c5ccccc5)[nH]c4=O)CC[N@+]3(Cc3ccc(Cl)c(Cl)c3)C(=O)O)CC2)CC1. The molecule has 3 aliphatic rings. The summed E-state index contributed by atoms with van der Waals surface area (Å²) in [5, 5.41) is 16.6. The quantitative estimate of drug-likeness (QED) is 0.265. The predicted octanol–water partition coefficient (Wildman–Crippen LogP) is 4.57. The number of hydrogen-bond acceptors (Lipinski definition) is 7. The molecule has 0 aliphatic carbocycles. The summed E-state index contributed by atoms with van der Waals surface area (Å²) in [6, 6.07) is 14.6. The van der Waals surface area contributed by atoms with E-state index >= 15 is 0 Å². The van der Waals surface area contributed by atoms with Gasteiger partial charge in [0, 0.05) is 69.3 Å². The number of nitrogens with zero attached hydrogens (tertiary/aromatic N) is 6. The number of H-pyrrole nitrogens is 1. The second-order valence-corrected chi connectivity index (χ2v) is 13.8.